The fourth-order valence-corrected chi connectivity index (χ4v) is 3.55. The van der Waals surface area contributed by atoms with E-state index in [1.807, 2.05) is 0 Å². The summed E-state index contributed by atoms with van der Waals surface area (Å²) in [4.78, 5) is 2.71. The third-order valence-electron chi connectivity index (χ3n) is 4.64. The number of halogens is 1. The normalized spacial score (nSPS) is 28.6. The Kier molecular flexibility index (Phi) is 5.68. The van der Waals surface area contributed by atoms with Crippen LogP contribution < -0.4 is 17.7 Å². The molecule has 3 heteroatoms. The highest BCUT2D eigenvalue weighted by Gasteiger charge is 2.26. The molecule has 2 fully saturated rings. The van der Waals surface area contributed by atoms with E-state index in [1.165, 1.54) is 51.9 Å². The van der Waals surface area contributed by atoms with Gasteiger partial charge >= 0.3 is 0 Å². The van der Waals surface area contributed by atoms with Gasteiger partial charge in [0.15, 0.2) is 0 Å². The smallest absolute Gasteiger partial charge is 0.0110 e. The SMILES string of the molecule is [Cl-].c1ccc(C2CCC(N3CCNCC3)CC2)cc1. The minimum Gasteiger partial charge on any atom is -1.00 e. The molecule has 1 aromatic rings. The Balaban J connectivity index is 0.00000133. The van der Waals surface area contributed by atoms with Crippen LogP contribution >= 0.6 is 0 Å². The lowest BCUT2D eigenvalue weighted by atomic mass is 9.81. The summed E-state index contributed by atoms with van der Waals surface area (Å²) in [6, 6.07) is 11.9. The molecule has 1 saturated carbocycles. The number of nitrogens with zero attached hydrogens (tertiary/aromatic N) is 1. The van der Waals surface area contributed by atoms with Crippen molar-refractivity contribution in [1.29, 1.82) is 0 Å². The first kappa shape index (κ1) is 14.8. The van der Waals surface area contributed by atoms with Crippen LogP contribution in [0.25, 0.3) is 0 Å². The van der Waals surface area contributed by atoms with E-state index in [0.29, 0.717) is 0 Å². The molecule has 0 spiro atoms. The van der Waals surface area contributed by atoms with E-state index in [2.05, 4.69) is 40.5 Å². The molecule has 1 heterocycles. The van der Waals surface area contributed by atoms with E-state index in [9.17, 15) is 0 Å². The summed E-state index contributed by atoms with van der Waals surface area (Å²) in [5.74, 6) is 0.811. The van der Waals surface area contributed by atoms with E-state index in [4.69, 9.17) is 0 Å². The molecule has 1 N–H and O–H groups in total. The standard InChI is InChI=1S/C16H24N2.ClH/c1-2-4-14(5-3-1)15-6-8-16(9-7-15)18-12-10-17-11-13-18;/h1-5,15-17H,6-13H2;1H/p-1. The van der Waals surface area contributed by atoms with Gasteiger partial charge in [-0.3, -0.25) is 4.90 Å². The zero-order chi connectivity index (χ0) is 12.2. The van der Waals surface area contributed by atoms with Gasteiger partial charge < -0.3 is 17.7 Å². The first-order valence-electron chi connectivity index (χ1n) is 7.43. The second kappa shape index (κ2) is 7.28. The summed E-state index contributed by atoms with van der Waals surface area (Å²) < 4.78 is 0. The van der Waals surface area contributed by atoms with Gasteiger partial charge in [0.1, 0.15) is 0 Å². The van der Waals surface area contributed by atoms with Crippen molar-refractivity contribution in [3.63, 3.8) is 0 Å². The van der Waals surface area contributed by atoms with Crippen LogP contribution in [0.4, 0.5) is 0 Å². The number of rotatable bonds is 2. The molecule has 106 valence electrons. The Labute approximate surface area is 123 Å². The minimum atomic E-state index is 0. The molecule has 0 aromatic heterocycles. The van der Waals surface area contributed by atoms with Crippen LogP contribution in [-0.2, 0) is 0 Å². The molecule has 1 saturated heterocycles. The summed E-state index contributed by atoms with van der Waals surface area (Å²) in [5, 5.41) is 3.45. The summed E-state index contributed by atoms with van der Waals surface area (Å²) in [5.41, 5.74) is 1.55. The van der Waals surface area contributed by atoms with Gasteiger partial charge in [-0.15, -0.1) is 0 Å². The van der Waals surface area contributed by atoms with Gasteiger partial charge in [0, 0.05) is 32.2 Å². The molecule has 1 aromatic carbocycles. The van der Waals surface area contributed by atoms with E-state index < -0.39 is 0 Å². The van der Waals surface area contributed by atoms with Crippen molar-refractivity contribution >= 4 is 0 Å². The second-order valence-corrected chi connectivity index (χ2v) is 5.70. The zero-order valence-electron chi connectivity index (χ0n) is 11.5. The van der Waals surface area contributed by atoms with Gasteiger partial charge in [-0.25, -0.2) is 0 Å². The molecule has 0 unspecified atom stereocenters. The highest BCUT2D eigenvalue weighted by Crippen LogP contribution is 2.34. The third kappa shape index (κ3) is 3.71. The van der Waals surface area contributed by atoms with Crippen LogP contribution in [-0.4, -0.2) is 37.1 Å². The van der Waals surface area contributed by atoms with Crippen molar-refractivity contribution < 1.29 is 12.4 Å². The van der Waals surface area contributed by atoms with Crippen LogP contribution in [0.2, 0.25) is 0 Å². The Morgan fingerprint density at radius 2 is 1.53 bits per heavy atom. The Bertz CT molecular complexity index is 354. The maximum Gasteiger partial charge on any atom is 0.0110 e. The van der Waals surface area contributed by atoms with Gasteiger partial charge in [-0.05, 0) is 37.2 Å². The predicted octanol–water partition coefficient (Wildman–Crippen LogP) is -0.378. The molecule has 2 aliphatic rings. The van der Waals surface area contributed by atoms with Crippen molar-refractivity contribution in [1.82, 2.24) is 10.2 Å². The predicted molar refractivity (Wildman–Crippen MR) is 75.9 cm³/mol. The highest BCUT2D eigenvalue weighted by atomic mass is 35.5. The van der Waals surface area contributed by atoms with Gasteiger partial charge in [0.25, 0.3) is 0 Å². The number of hydrogen-bond acceptors (Lipinski definition) is 2. The van der Waals surface area contributed by atoms with Crippen molar-refractivity contribution in [2.45, 2.75) is 37.6 Å². The average Bonchev–Trinajstić information content (AvgIpc) is 2.49. The lowest BCUT2D eigenvalue weighted by molar-refractivity contribution is -0.00000374. The van der Waals surface area contributed by atoms with Crippen LogP contribution in [0, 0.1) is 0 Å². The van der Waals surface area contributed by atoms with E-state index in [1.54, 1.807) is 5.56 Å². The molecule has 0 atom stereocenters. The summed E-state index contributed by atoms with van der Waals surface area (Å²) >= 11 is 0. The molecule has 0 amide bonds. The maximum atomic E-state index is 3.45. The molecule has 1 aliphatic carbocycles. The molecule has 2 nitrogen and oxygen atoms in total. The van der Waals surface area contributed by atoms with Gasteiger partial charge in [0.2, 0.25) is 0 Å². The van der Waals surface area contributed by atoms with Gasteiger partial charge in [0.05, 0.1) is 0 Å². The molecule has 0 radical (unpaired) electrons. The van der Waals surface area contributed by atoms with Crippen LogP contribution in [0.15, 0.2) is 30.3 Å². The summed E-state index contributed by atoms with van der Waals surface area (Å²) in [7, 11) is 0. The summed E-state index contributed by atoms with van der Waals surface area (Å²) in [6.45, 7) is 4.86. The van der Waals surface area contributed by atoms with Crippen molar-refractivity contribution in [3.8, 4) is 0 Å². The van der Waals surface area contributed by atoms with E-state index >= 15 is 0 Å². The molecule has 0 bridgehead atoms. The number of nitrogens with one attached hydrogen (secondary N) is 1. The highest BCUT2D eigenvalue weighted by molar-refractivity contribution is 5.20. The topological polar surface area (TPSA) is 15.3 Å². The Hall–Kier alpha value is -0.570. The fraction of sp³-hybridized carbons (Fsp3) is 0.625. The molecule has 1 aliphatic heterocycles. The van der Waals surface area contributed by atoms with E-state index in [0.717, 1.165) is 12.0 Å². The fourth-order valence-electron chi connectivity index (χ4n) is 3.55. The largest absolute Gasteiger partial charge is 1.00 e. The van der Waals surface area contributed by atoms with Crippen LogP contribution in [0.5, 0.6) is 0 Å². The second-order valence-electron chi connectivity index (χ2n) is 5.70. The molecular weight excluding hydrogens is 256 g/mol. The number of hydrogen-bond donors (Lipinski definition) is 1. The average molecular weight is 280 g/mol. The molecule has 19 heavy (non-hydrogen) atoms. The minimum absolute atomic E-state index is 0. The van der Waals surface area contributed by atoms with Crippen molar-refractivity contribution in [3.05, 3.63) is 35.9 Å². The maximum absolute atomic E-state index is 3.45. The van der Waals surface area contributed by atoms with Crippen molar-refractivity contribution in [2.24, 2.45) is 0 Å². The lowest BCUT2D eigenvalue weighted by Crippen LogP contribution is -3.00. The first-order chi connectivity index (χ1) is 8.93. The Morgan fingerprint density at radius 3 is 2.16 bits per heavy atom. The quantitative estimate of drug-likeness (QED) is 0.794. The third-order valence-corrected chi connectivity index (χ3v) is 4.64. The molecule has 3 rings (SSSR count). The van der Waals surface area contributed by atoms with E-state index in [-0.39, 0.29) is 12.4 Å². The zero-order valence-corrected chi connectivity index (χ0v) is 12.3. The monoisotopic (exact) mass is 279 g/mol. The Morgan fingerprint density at radius 1 is 0.895 bits per heavy atom. The van der Waals surface area contributed by atoms with Crippen LogP contribution in [0.1, 0.15) is 37.2 Å². The number of benzene rings is 1. The van der Waals surface area contributed by atoms with Crippen molar-refractivity contribution in [2.75, 3.05) is 26.2 Å². The van der Waals surface area contributed by atoms with Crippen LogP contribution in [0.3, 0.4) is 0 Å². The number of piperazine rings is 1. The van der Waals surface area contributed by atoms with Gasteiger partial charge in [-0.2, -0.15) is 0 Å². The molecular formula is C16H24ClN2-. The summed E-state index contributed by atoms with van der Waals surface area (Å²) in [6.07, 6.45) is 5.52. The van der Waals surface area contributed by atoms with Gasteiger partial charge in [-0.1, -0.05) is 30.3 Å². The lowest BCUT2D eigenvalue weighted by Gasteiger charge is -2.39. The first-order valence-corrected chi connectivity index (χ1v) is 7.43.